The van der Waals surface area contributed by atoms with Gasteiger partial charge in [-0.2, -0.15) is 5.26 Å². The van der Waals surface area contributed by atoms with E-state index in [1.807, 2.05) is 12.1 Å². The van der Waals surface area contributed by atoms with Crippen LogP contribution >= 0.6 is 0 Å². The minimum atomic E-state index is -0.520. The Morgan fingerprint density at radius 3 is 2.75 bits per heavy atom. The summed E-state index contributed by atoms with van der Waals surface area (Å²) in [5.41, 5.74) is 1.48. The van der Waals surface area contributed by atoms with Gasteiger partial charge in [-0.25, -0.2) is 0 Å². The molecule has 1 N–H and O–H groups in total. The SMILES string of the molecule is COC1CN(CC(O)c2ccc(C#N)cc2)CCC1C. The van der Waals surface area contributed by atoms with Crippen molar-refractivity contribution in [1.82, 2.24) is 4.90 Å². The van der Waals surface area contributed by atoms with E-state index in [0.717, 1.165) is 25.1 Å². The average Bonchev–Trinajstić information content (AvgIpc) is 2.49. The van der Waals surface area contributed by atoms with Crippen LogP contribution in [0.1, 0.15) is 30.6 Å². The molecule has 0 aliphatic carbocycles. The lowest BCUT2D eigenvalue weighted by Crippen LogP contribution is -2.45. The third-order valence-corrected chi connectivity index (χ3v) is 4.13. The van der Waals surface area contributed by atoms with Gasteiger partial charge >= 0.3 is 0 Å². The van der Waals surface area contributed by atoms with Crippen LogP contribution in [0.5, 0.6) is 0 Å². The number of ether oxygens (including phenoxy) is 1. The van der Waals surface area contributed by atoms with Gasteiger partial charge in [-0.05, 0) is 36.6 Å². The van der Waals surface area contributed by atoms with Gasteiger partial charge in [-0.1, -0.05) is 19.1 Å². The molecule has 1 fully saturated rings. The number of hydrogen-bond donors (Lipinski definition) is 1. The molecule has 3 unspecified atom stereocenters. The maximum atomic E-state index is 10.3. The predicted octanol–water partition coefficient (Wildman–Crippen LogP) is 1.95. The van der Waals surface area contributed by atoms with Gasteiger partial charge in [0.1, 0.15) is 0 Å². The molecule has 108 valence electrons. The molecule has 1 aliphatic heterocycles. The minimum Gasteiger partial charge on any atom is -0.387 e. The van der Waals surface area contributed by atoms with Crippen LogP contribution < -0.4 is 0 Å². The largest absolute Gasteiger partial charge is 0.387 e. The van der Waals surface area contributed by atoms with Gasteiger partial charge < -0.3 is 9.84 Å². The number of aliphatic hydroxyl groups excluding tert-OH is 1. The van der Waals surface area contributed by atoms with E-state index in [4.69, 9.17) is 10.00 Å². The first-order valence-corrected chi connectivity index (χ1v) is 7.07. The lowest BCUT2D eigenvalue weighted by Gasteiger charge is -2.37. The van der Waals surface area contributed by atoms with Gasteiger partial charge in [0.25, 0.3) is 0 Å². The van der Waals surface area contributed by atoms with Crippen LogP contribution in [-0.4, -0.2) is 42.9 Å². The third kappa shape index (κ3) is 3.57. The number of aliphatic hydroxyl groups is 1. The van der Waals surface area contributed by atoms with E-state index in [1.54, 1.807) is 19.2 Å². The van der Waals surface area contributed by atoms with E-state index >= 15 is 0 Å². The van der Waals surface area contributed by atoms with Crippen LogP contribution in [0.15, 0.2) is 24.3 Å². The Hall–Kier alpha value is -1.41. The summed E-state index contributed by atoms with van der Waals surface area (Å²) in [6.07, 6.45) is 0.823. The fourth-order valence-electron chi connectivity index (χ4n) is 2.70. The summed E-state index contributed by atoms with van der Waals surface area (Å²) >= 11 is 0. The molecular formula is C16H22N2O2. The molecule has 20 heavy (non-hydrogen) atoms. The molecular weight excluding hydrogens is 252 g/mol. The second-order valence-electron chi connectivity index (χ2n) is 5.55. The summed E-state index contributed by atoms with van der Waals surface area (Å²) in [5, 5.41) is 19.1. The molecule has 4 heteroatoms. The molecule has 4 nitrogen and oxygen atoms in total. The smallest absolute Gasteiger partial charge is 0.0991 e. The number of hydrogen-bond acceptors (Lipinski definition) is 4. The van der Waals surface area contributed by atoms with Gasteiger partial charge in [0.05, 0.1) is 23.8 Å². The topological polar surface area (TPSA) is 56.5 Å². The van der Waals surface area contributed by atoms with E-state index in [2.05, 4.69) is 17.9 Å². The maximum absolute atomic E-state index is 10.3. The Morgan fingerprint density at radius 1 is 1.45 bits per heavy atom. The Balaban J connectivity index is 1.93. The minimum absolute atomic E-state index is 0.247. The molecule has 1 saturated heterocycles. The zero-order valence-electron chi connectivity index (χ0n) is 12.1. The Bertz CT molecular complexity index is 466. The number of piperidine rings is 1. The van der Waals surface area contributed by atoms with Crippen LogP contribution in [0.4, 0.5) is 0 Å². The highest BCUT2D eigenvalue weighted by Crippen LogP contribution is 2.22. The highest BCUT2D eigenvalue weighted by Gasteiger charge is 2.27. The lowest BCUT2D eigenvalue weighted by atomic mass is 9.95. The van der Waals surface area contributed by atoms with Gasteiger partial charge in [-0.15, -0.1) is 0 Å². The summed E-state index contributed by atoms with van der Waals surface area (Å²) < 4.78 is 5.49. The molecule has 0 amide bonds. The van der Waals surface area contributed by atoms with Gasteiger partial charge in [0, 0.05) is 20.2 Å². The van der Waals surface area contributed by atoms with Crippen molar-refractivity contribution in [3.05, 3.63) is 35.4 Å². The molecule has 0 radical (unpaired) electrons. The average molecular weight is 274 g/mol. The van der Waals surface area contributed by atoms with Crippen LogP contribution in [0, 0.1) is 17.2 Å². The van der Waals surface area contributed by atoms with Crippen molar-refractivity contribution in [2.75, 3.05) is 26.7 Å². The van der Waals surface area contributed by atoms with E-state index in [9.17, 15) is 5.11 Å². The quantitative estimate of drug-likeness (QED) is 0.911. The highest BCUT2D eigenvalue weighted by molar-refractivity contribution is 5.32. The highest BCUT2D eigenvalue weighted by atomic mass is 16.5. The standard InChI is InChI=1S/C16H22N2O2/c1-12-7-8-18(11-16(12)20-2)10-15(19)14-5-3-13(9-17)4-6-14/h3-6,12,15-16,19H,7-8,10-11H2,1-2H3. The number of likely N-dealkylation sites (tertiary alicyclic amines) is 1. The van der Waals surface area contributed by atoms with E-state index in [0.29, 0.717) is 18.0 Å². The molecule has 0 bridgehead atoms. The number of nitriles is 1. The number of rotatable bonds is 4. The van der Waals surface area contributed by atoms with Gasteiger partial charge in [0.2, 0.25) is 0 Å². The van der Waals surface area contributed by atoms with Crippen molar-refractivity contribution in [3.8, 4) is 6.07 Å². The first-order chi connectivity index (χ1) is 9.63. The molecule has 1 aliphatic rings. The molecule has 0 spiro atoms. The first-order valence-electron chi connectivity index (χ1n) is 7.07. The second kappa shape index (κ2) is 6.85. The van der Waals surface area contributed by atoms with Crippen molar-refractivity contribution in [2.45, 2.75) is 25.6 Å². The van der Waals surface area contributed by atoms with Crippen molar-refractivity contribution in [1.29, 1.82) is 5.26 Å². The number of benzene rings is 1. The molecule has 0 aromatic heterocycles. The number of β-amino-alcohol motifs (C(OH)–C–C–N with tert-alkyl or cyclic N) is 1. The van der Waals surface area contributed by atoms with Crippen LogP contribution in [0.2, 0.25) is 0 Å². The zero-order valence-corrected chi connectivity index (χ0v) is 12.1. The fourth-order valence-corrected chi connectivity index (χ4v) is 2.70. The molecule has 1 aromatic carbocycles. The summed E-state index contributed by atoms with van der Waals surface area (Å²) in [5.74, 6) is 0.573. The van der Waals surface area contributed by atoms with Crippen molar-refractivity contribution >= 4 is 0 Å². The van der Waals surface area contributed by atoms with Gasteiger partial charge in [-0.3, -0.25) is 4.90 Å². The van der Waals surface area contributed by atoms with E-state index < -0.39 is 6.10 Å². The normalized spacial score (nSPS) is 25.1. The molecule has 0 saturated carbocycles. The van der Waals surface area contributed by atoms with Crippen LogP contribution in [-0.2, 0) is 4.74 Å². The van der Waals surface area contributed by atoms with E-state index in [-0.39, 0.29) is 6.10 Å². The van der Waals surface area contributed by atoms with E-state index in [1.165, 1.54) is 0 Å². The van der Waals surface area contributed by atoms with Gasteiger partial charge in [0.15, 0.2) is 0 Å². The fraction of sp³-hybridized carbons (Fsp3) is 0.562. The number of nitrogens with zero attached hydrogens (tertiary/aromatic N) is 2. The lowest BCUT2D eigenvalue weighted by molar-refractivity contribution is -0.0180. The van der Waals surface area contributed by atoms with Crippen molar-refractivity contribution in [2.24, 2.45) is 5.92 Å². The third-order valence-electron chi connectivity index (χ3n) is 4.13. The molecule has 1 heterocycles. The summed E-state index contributed by atoms with van der Waals surface area (Å²) in [7, 11) is 1.75. The summed E-state index contributed by atoms with van der Waals surface area (Å²) in [6, 6.07) is 9.22. The number of methoxy groups -OCH3 is 1. The molecule has 1 aromatic rings. The Morgan fingerprint density at radius 2 is 2.15 bits per heavy atom. The molecule has 3 atom stereocenters. The van der Waals surface area contributed by atoms with Crippen molar-refractivity contribution in [3.63, 3.8) is 0 Å². The van der Waals surface area contributed by atoms with Crippen molar-refractivity contribution < 1.29 is 9.84 Å². The second-order valence-corrected chi connectivity index (χ2v) is 5.55. The summed E-state index contributed by atoms with van der Waals surface area (Å²) in [4.78, 5) is 2.25. The predicted molar refractivity (Wildman–Crippen MR) is 77.1 cm³/mol. The Kier molecular flexibility index (Phi) is 5.13. The zero-order chi connectivity index (χ0) is 14.5. The molecule has 2 rings (SSSR count). The first kappa shape index (κ1) is 15.0. The maximum Gasteiger partial charge on any atom is 0.0991 e. The van der Waals surface area contributed by atoms with Crippen LogP contribution in [0.25, 0.3) is 0 Å². The monoisotopic (exact) mass is 274 g/mol. The Labute approximate surface area is 120 Å². The van der Waals surface area contributed by atoms with Crippen LogP contribution in [0.3, 0.4) is 0 Å². The summed E-state index contributed by atoms with van der Waals surface area (Å²) in [6.45, 7) is 4.68.